The lowest BCUT2D eigenvalue weighted by molar-refractivity contribution is -0.132. The molecule has 0 aromatic rings. The molecule has 0 aliphatic rings. The highest BCUT2D eigenvalue weighted by molar-refractivity contribution is 5.80. The second kappa shape index (κ2) is 7.12. The minimum atomic E-state index is -0.933. The lowest BCUT2D eigenvalue weighted by atomic mass is 9.81. The average molecular weight is 268 g/mol. The lowest BCUT2D eigenvalue weighted by Crippen LogP contribution is -2.12. The highest BCUT2D eigenvalue weighted by Crippen LogP contribution is 2.30. The fourth-order valence-electron chi connectivity index (χ4n) is 1.76. The van der Waals surface area contributed by atoms with Crippen molar-refractivity contribution in [1.29, 1.82) is 0 Å². The zero-order chi connectivity index (χ0) is 15.1. The van der Waals surface area contributed by atoms with Crippen molar-refractivity contribution >= 4 is 11.9 Å². The van der Waals surface area contributed by atoms with Gasteiger partial charge in [-0.05, 0) is 23.7 Å². The minimum Gasteiger partial charge on any atom is -0.478 e. The molecule has 0 radical (unpaired) electrons. The zero-order valence-electron chi connectivity index (χ0n) is 12.1. The first-order valence-electron chi connectivity index (χ1n) is 6.38. The molecule has 19 heavy (non-hydrogen) atoms. The predicted molar refractivity (Wildman–Crippen MR) is 75.0 cm³/mol. The Bertz CT molecular complexity index is 340. The van der Waals surface area contributed by atoms with Crippen LogP contribution in [0.25, 0.3) is 0 Å². The molecule has 0 rings (SSSR count). The van der Waals surface area contributed by atoms with Crippen molar-refractivity contribution in [2.24, 2.45) is 10.8 Å². The molecule has 2 N–H and O–H groups in total. The Balaban J connectivity index is 4.28. The summed E-state index contributed by atoms with van der Waals surface area (Å²) in [6.07, 6.45) is 8.39. The average Bonchev–Trinajstić information content (AvgIpc) is 2.23. The molecule has 0 aliphatic carbocycles. The number of carboxylic acids is 2. The summed E-state index contributed by atoms with van der Waals surface area (Å²) >= 11 is 0. The summed E-state index contributed by atoms with van der Waals surface area (Å²) in [7, 11) is 0. The molecule has 0 aliphatic heterocycles. The predicted octanol–water partition coefficient (Wildman–Crippen LogP) is 3.49. The first-order chi connectivity index (χ1) is 8.54. The van der Waals surface area contributed by atoms with Crippen LogP contribution in [-0.4, -0.2) is 22.2 Å². The largest absolute Gasteiger partial charge is 0.478 e. The number of aliphatic carboxylic acids is 2. The van der Waals surface area contributed by atoms with Gasteiger partial charge in [-0.15, -0.1) is 0 Å². The van der Waals surface area contributed by atoms with Crippen LogP contribution in [0.15, 0.2) is 24.3 Å². The standard InChI is InChI=1S/C15H24O4/c1-14(2,10-6-12(16)17)8-5-9-15(3,4)11-7-13(18)19/h6-7,10-11H,5,8-9H2,1-4H3,(H,16,17)(H,18,19)/b10-6+,11-7+. The summed E-state index contributed by atoms with van der Waals surface area (Å²) in [5.41, 5.74) is -0.323. The van der Waals surface area contributed by atoms with Crippen molar-refractivity contribution in [2.75, 3.05) is 0 Å². The normalized spacial score (nSPS) is 13.3. The van der Waals surface area contributed by atoms with E-state index in [4.69, 9.17) is 10.2 Å². The number of carboxylic acid groups (broad SMARTS) is 2. The van der Waals surface area contributed by atoms with Crippen LogP contribution in [0.2, 0.25) is 0 Å². The molecule has 108 valence electrons. The van der Waals surface area contributed by atoms with Crippen LogP contribution in [0.5, 0.6) is 0 Å². The topological polar surface area (TPSA) is 74.6 Å². The fourth-order valence-corrected chi connectivity index (χ4v) is 1.76. The van der Waals surface area contributed by atoms with E-state index >= 15 is 0 Å². The van der Waals surface area contributed by atoms with Gasteiger partial charge < -0.3 is 10.2 Å². The van der Waals surface area contributed by atoms with Gasteiger partial charge in [0.2, 0.25) is 0 Å². The highest BCUT2D eigenvalue weighted by Gasteiger charge is 2.18. The third-order valence-corrected chi connectivity index (χ3v) is 3.00. The highest BCUT2D eigenvalue weighted by atomic mass is 16.4. The summed E-state index contributed by atoms with van der Waals surface area (Å²) in [5.74, 6) is -1.87. The van der Waals surface area contributed by atoms with Crippen LogP contribution in [0, 0.1) is 10.8 Å². The molecule has 0 amide bonds. The summed E-state index contributed by atoms with van der Waals surface area (Å²) in [5, 5.41) is 17.2. The summed E-state index contributed by atoms with van der Waals surface area (Å²) < 4.78 is 0. The Kier molecular flexibility index (Phi) is 6.53. The maximum Gasteiger partial charge on any atom is 0.327 e. The molecule has 0 unspecified atom stereocenters. The summed E-state index contributed by atoms with van der Waals surface area (Å²) in [4.78, 5) is 21.0. The minimum absolute atomic E-state index is 0.162. The van der Waals surface area contributed by atoms with Gasteiger partial charge in [0.25, 0.3) is 0 Å². The van der Waals surface area contributed by atoms with Gasteiger partial charge in [-0.25, -0.2) is 9.59 Å². The van der Waals surface area contributed by atoms with Gasteiger partial charge in [-0.3, -0.25) is 0 Å². The van der Waals surface area contributed by atoms with Gasteiger partial charge in [0.15, 0.2) is 0 Å². The van der Waals surface area contributed by atoms with E-state index in [1.807, 2.05) is 27.7 Å². The van der Waals surface area contributed by atoms with Gasteiger partial charge in [0, 0.05) is 12.2 Å². The molecule has 0 aromatic carbocycles. The van der Waals surface area contributed by atoms with Crippen molar-refractivity contribution < 1.29 is 19.8 Å². The molecular formula is C15H24O4. The van der Waals surface area contributed by atoms with Gasteiger partial charge in [0.05, 0.1) is 0 Å². The molecule has 0 saturated carbocycles. The number of carbonyl (C=O) groups is 2. The van der Waals surface area contributed by atoms with Crippen molar-refractivity contribution in [3.05, 3.63) is 24.3 Å². The molecule has 0 saturated heterocycles. The maximum atomic E-state index is 10.5. The number of hydrogen-bond acceptors (Lipinski definition) is 2. The first-order valence-corrected chi connectivity index (χ1v) is 6.38. The van der Waals surface area contributed by atoms with Gasteiger partial charge in [-0.2, -0.15) is 0 Å². The van der Waals surface area contributed by atoms with Crippen molar-refractivity contribution in [3.63, 3.8) is 0 Å². The molecule has 0 bridgehead atoms. The smallest absolute Gasteiger partial charge is 0.327 e. The first kappa shape index (κ1) is 17.4. The number of rotatable bonds is 8. The van der Waals surface area contributed by atoms with Gasteiger partial charge in [0.1, 0.15) is 0 Å². The number of hydrogen-bond donors (Lipinski definition) is 2. The Morgan fingerprint density at radius 1 is 0.842 bits per heavy atom. The van der Waals surface area contributed by atoms with E-state index in [1.54, 1.807) is 12.2 Å². The molecule has 0 heterocycles. The van der Waals surface area contributed by atoms with Crippen molar-refractivity contribution in [2.45, 2.75) is 47.0 Å². The van der Waals surface area contributed by atoms with Crippen LogP contribution in [0.1, 0.15) is 47.0 Å². The van der Waals surface area contributed by atoms with E-state index in [9.17, 15) is 9.59 Å². The SMILES string of the molecule is CC(C)(/C=C/C(=O)O)CCCC(C)(C)/C=C/C(=O)O. The zero-order valence-corrected chi connectivity index (χ0v) is 12.1. The van der Waals surface area contributed by atoms with Crippen molar-refractivity contribution in [1.82, 2.24) is 0 Å². The van der Waals surface area contributed by atoms with Crippen LogP contribution >= 0.6 is 0 Å². The van der Waals surface area contributed by atoms with E-state index < -0.39 is 11.9 Å². The Hall–Kier alpha value is -1.58. The van der Waals surface area contributed by atoms with Crippen LogP contribution in [0.4, 0.5) is 0 Å². The van der Waals surface area contributed by atoms with Crippen molar-refractivity contribution in [3.8, 4) is 0 Å². The molecule has 0 atom stereocenters. The molecule has 0 spiro atoms. The van der Waals surface area contributed by atoms with Crippen LogP contribution in [0.3, 0.4) is 0 Å². The van der Waals surface area contributed by atoms with Gasteiger partial charge >= 0.3 is 11.9 Å². The fraction of sp³-hybridized carbons (Fsp3) is 0.600. The van der Waals surface area contributed by atoms with E-state index in [0.29, 0.717) is 0 Å². The molecule has 4 nitrogen and oxygen atoms in total. The lowest BCUT2D eigenvalue weighted by Gasteiger charge is -2.24. The third-order valence-electron chi connectivity index (χ3n) is 3.00. The van der Waals surface area contributed by atoms with Crippen LogP contribution in [-0.2, 0) is 9.59 Å². The monoisotopic (exact) mass is 268 g/mol. The molecular weight excluding hydrogens is 244 g/mol. The quantitative estimate of drug-likeness (QED) is 0.661. The third kappa shape index (κ3) is 10.1. The summed E-state index contributed by atoms with van der Waals surface area (Å²) in [6.45, 7) is 7.97. The van der Waals surface area contributed by atoms with E-state index in [1.165, 1.54) is 12.2 Å². The molecule has 4 heteroatoms. The second-order valence-electron chi connectivity index (χ2n) is 6.17. The second-order valence-corrected chi connectivity index (χ2v) is 6.17. The summed E-state index contributed by atoms with van der Waals surface area (Å²) in [6, 6.07) is 0. The van der Waals surface area contributed by atoms with Gasteiger partial charge in [-0.1, -0.05) is 46.3 Å². The maximum absolute atomic E-state index is 10.5. The molecule has 0 aromatic heterocycles. The Labute approximate surface area is 114 Å². The van der Waals surface area contributed by atoms with Crippen LogP contribution < -0.4 is 0 Å². The van der Waals surface area contributed by atoms with E-state index in [2.05, 4.69) is 0 Å². The Morgan fingerprint density at radius 2 is 1.16 bits per heavy atom. The number of allylic oxidation sites excluding steroid dienone is 2. The van der Waals surface area contributed by atoms with E-state index in [0.717, 1.165) is 19.3 Å². The molecule has 0 fully saturated rings. The van der Waals surface area contributed by atoms with E-state index in [-0.39, 0.29) is 10.8 Å². The Morgan fingerprint density at radius 3 is 1.42 bits per heavy atom.